The van der Waals surface area contributed by atoms with Crippen molar-refractivity contribution < 1.29 is 0 Å². The van der Waals surface area contributed by atoms with Crippen LogP contribution in [0.4, 0.5) is 0 Å². The zero-order chi connectivity index (χ0) is 2.71. The number of nitriles is 1. The fourth-order valence-corrected chi connectivity index (χ4v) is 0. The molecule has 0 bridgehead atoms. The van der Waals surface area contributed by atoms with Crippen molar-refractivity contribution >= 4 is 21.5 Å². The normalized spacial score (nSPS) is 2.00. The van der Waals surface area contributed by atoms with Gasteiger partial charge in [-0.05, 0) is 0 Å². The average molecular weight is 95.5 g/mol. The van der Waals surface area contributed by atoms with Gasteiger partial charge < -0.3 is 0 Å². The van der Waals surface area contributed by atoms with Crippen LogP contribution in [-0.4, -0.2) is 0 Å². The molecule has 0 radical (unpaired) electrons. The summed E-state index contributed by atoms with van der Waals surface area (Å²) in [6.45, 7) is 0. The van der Waals surface area contributed by atoms with E-state index >= 15 is 0 Å². The van der Waals surface area contributed by atoms with E-state index in [1.807, 2.05) is 0 Å². The molecule has 1 nitrogen and oxygen atoms in total. The molecule has 0 N–H and O–H groups in total. The molecule has 3 heteroatoms. The van der Waals surface area contributed by atoms with Crippen molar-refractivity contribution in [1.82, 2.24) is 0 Å². The second-order valence-electron chi connectivity index (χ2n) is 0.0845. The van der Waals surface area contributed by atoms with Gasteiger partial charge in [-0.3, -0.25) is 0 Å². The first kappa shape index (κ1) is 8.88. The fraction of sp³-hybridized carbons (Fsp3) is 0. The molecular formula is CH3ClNP. The predicted octanol–water partition coefficient (Wildman–Crippen LogP) is 0.764. The third kappa shape index (κ3) is 73.4. The first-order chi connectivity index (χ1) is 1.41. The maximum Gasteiger partial charge on any atom is 0.173 e. The number of hydrogen-bond acceptors (Lipinski definition) is 1. The Morgan fingerprint density at radius 3 is 1.75 bits per heavy atom. The standard InChI is InChI=1S/CClN.H3P/c2-1-3;/h;1H3. The number of hydrogen-bond donors (Lipinski definition) is 0. The quantitative estimate of drug-likeness (QED) is 0.408. The molecule has 0 aromatic heterocycles. The van der Waals surface area contributed by atoms with E-state index in [0.29, 0.717) is 0 Å². The van der Waals surface area contributed by atoms with Crippen molar-refractivity contribution in [1.29, 1.82) is 5.26 Å². The van der Waals surface area contributed by atoms with E-state index in [9.17, 15) is 0 Å². The maximum atomic E-state index is 7.08. The lowest BCUT2D eigenvalue weighted by molar-refractivity contribution is 1.57. The van der Waals surface area contributed by atoms with Crippen molar-refractivity contribution in [2.24, 2.45) is 0 Å². The number of rotatable bonds is 0. The van der Waals surface area contributed by atoms with Gasteiger partial charge in [0.2, 0.25) is 0 Å². The average Bonchev–Trinajstić information content (AvgIpc) is 0.918. The Hall–Kier alpha value is 0.210. The summed E-state index contributed by atoms with van der Waals surface area (Å²) >= 11 is 4.30. The lowest BCUT2D eigenvalue weighted by atomic mass is 11.8. The molecule has 0 fully saturated rings. The minimum absolute atomic E-state index is 0. The summed E-state index contributed by atoms with van der Waals surface area (Å²) in [7, 11) is 0. The minimum atomic E-state index is 0. The number of nitrogens with zero attached hydrogens (tertiary/aromatic N) is 1. The molecule has 0 aliphatic carbocycles. The zero-order valence-electron chi connectivity index (χ0n) is 2.03. The molecule has 1 atom stereocenters. The van der Waals surface area contributed by atoms with Gasteiger partial charge >= 0.3 is 0 Å². The van der Waals surface area contributed by atoms with Gasteiger partial charge in [0, 0.05) is 11.6 Å². The SMILES string of the molecule is N#CCl.P. The van der Waals surface area contributed by atoms with Crippen molar-refractivity contribution in [3.63, 3.8) is 0 Å². The Morgan fingerprint density at radius 1 is 1.75 bits per heavy atom. The predicted molar refractivity (Wildman–Crippen MR) is 22.6 cm³/mol. The van der Waals surface area contributed by atoms with Gasteiger partial charge in [-0.2, -0.15) is 15.2 Å². The van der Waals surface area contributed by atoms with Crippen LogP contribution in [0.2, 0.25) is 0 Å². The highest BCUT2D eigenvalue weighted by molar-refractivity contribution is 6.92. The van der Waals surface area contributed by atoms with Gasteiger partial charge in [0.1, 0.15) is 0 Å². The van der Waals surface area contributed by atoms with Crippen LogP contribution in [0.3, 0.4) is 0 Å². The summed E-state index contributed by atoms with van der Waals surface area (Å²) in [6, 6.07) is 0. The van der Waals surface area contributed by atoms with Crippen LogP contribution in [0.25, 0.3) is 0 Å². The molecule has 0 aliphatic heterocycles. The minimum Gasteiger partial charge on any atom is -0.179 e. The van der Waals surface area contributed by atoms with E-state index in [2.05, 4.69) is 11.6 Å². The summed E-state index contributed by atoms with van der Waals surface area (Å²) in [5, 5.41) is 7.08. The summed E-state index contributed by atoms with van der Waals surface area (Å²) in [6.07, 6.45) is 0. The van der Waals surface area contributed by atoms with Gasteiger partial charge in [0.25, 0.3) is 0 Å². The van der Waals surface area contributed by atoms with E-state index in [0.717, 1.165) is 0 Å². The first-order valence-corrected chi connectivity index (χ1v) is 0.791. The monoisotopic (exact) mass is 95.0 g/mol. The van der Waals surface area contributed by atoms with Crippen LogP contribution in [0, 0.1) is 10.8 Å². The highest BCUT2D eigenvalue weighted by atomic mass is 35.5. The number of halogens is 1. The van der Waals surface area contributed by atoms with Crippen LogP contribution in [-0.2, 0) is 0 Å². The van der Waals surface area contributed by atoms with Crippen LogP contribution in [0.1, 0.15) is 0 Å². The summed E-state index contributed by atoms with van der Waals surface area (Å²) < 4.78 is 0. The Balaban J connectivity index is 0. The molecule has 0 rings (SSSR count). The molecule has 24 valence electrons. The van der Waals surface area contributed by atoms with Crippen LogP contribution < -0.4 is 0 Å². The fourth-order valence-electron chi connectivity index (χ4n) is 0. The second-order valence-corrected chi connectivity index (χ2v) is 0.254. The molecule has 0 aromatic rings. The summed E-state index contributed by atoms with van der Waals surface area (Å²) in [5.41, 5.74) is 1.22. The Bertz CT molecular complexity index is 29.5. The Labute approximate surface area is 33.2 Å². The van der Waals surface area contributed by atoms with Gasteiger partial charge in [-0.1, -0.05) is 0 Å². The van der Waals surface area contributed by atoms with E-state index in [-0.39, 0.29) is 9.90 Å². The molecule has 0 spiro atoms. The summed E-state index contributed by atoms with van der Waals surface area (Å²) in [5.74, 6) is 0. The van der Waals surface area contributed by atoms with Crippen molar-refractivity contribution in [3.8, 4) is 5.53 Å². The lowest BCUT2D eigenvalue weighted by Crippen LogP contribution is -0.952. The molecule has 0 aromatic carbocycles. The highest BCUT2D eigenvalue weighted by Gasteiger charge is 1.23. The molecule has 0 aliphatic rings. The second kappa shape index (κ2) is 10.7. The van der Waals surface area contributed by atoms with Crippen molar-refractivity contribution in [2.75, 3.05) is 0 Å². The van der Waals surface area contributed by atoms with Crippen molar-refractivity contribution in [2.45, 2.75) is 0 Å². The van der Waals surface area contributed by atoms with Gasteiger partial charge in [0.05, 0.1) is 0 Å². The van der Waals surface area contributed by atoms with Gasteiger partial charge in [0.15, 0.2) is 5.53 Å². The van der Waals surface area contributed by atoms with Crippen LogP contribution in [0.5, 0.6) is 0 Å². The molecule has 0 heterocycles. The Morgan fingerprint density at radius 2 is 1.75 bits per heavy atom. The Kier molecular flexibility index (Phi) is 23.8. The zero-order valence-corrected chi connectivity index (χ0v) is 4.20. The van der Waals surface area contributed by atoms with Crippen LogP contribution >= 0.6 is 21.5 Å². The van der Waals surface area contributed by atoms with Gasteiger partial charge in [-0.15, -0.1) is 0 Å². The topological polar surface area (TPSA) is 23.8 Å². The van der Waals surface area contributed by atoms with E-state index in [4.69, 9.17) is 5.26 Å². The van der Waals surface area contributed by atoms with E-state index in [1.54, 1.807) is 0 Å². The van der Waals surface area contributed by atoms with Crippen molar-refractivity contribution in [3.05, 3.63) is 0 Å². The van der Waals surface area contributed by atoms with E-state index in [1.165, 1.54) is 5.53 Å². The van der Waals surface area contributed by atoms with E-state index < -0.39 is 0 Å². The molecule has 1 unspecified atom stereocenters. The summed E-state index contributed by atoms with van der Waals surface area (Å²) in [4.78, 5) is 0. The lowest BCUT2D eigenvalue weighted by Gasteiger charge is -1.10. The first-order valence-electron chi connectivity index (χ1n) is 0.413. The highest BCUT2D eigenvalue weighted by Crippen LogP contribution is 1.49. The molecule has 0 saturated heterocycles. The largest absolute Gasteiger partial charge is 0.179 e. The maximum absolute atomic E-state index is 7.08. The molecule has 0 saturated carbocycles. The molecular weight excluding hydrogens is 92.4 g/mol. The van der Waals surface area contributed by atoms with Crippen LogP contribution in [0.15, 0.2) is 0 Å². The smallest absolute Gasteiger partial charge is 0.173 e. The third-order valence-electron chi connectivity index (χ3n) is 0. The third-order valence-corrected chi connectivity index (χ3v) is 0. The van der Waals surface area contributed by atoms with Gasteiger partial charge in [-0.25, -0.2) is 0 Å². The molecule has 4 heavy (non-hydrogen) atoms. The molecule has 0 amide bonds.